The minimum absolute atomic E-state index is 0.0759. The zero-order valence-corrected chi connectivity index (χ0v) is 27.5. The number of hydrogen-bond donors (Lipinski definition) is 2. The lowest BCUT2D eigenvalue weighted by atomic mass is 10.0. The normalized spacial score (nSPS) is 13.7. The fourth-order valence-corrected chi connectivity index (χ4v) is 6.75. The molecule has 0 radical (unpaired) electrons. The highest BCUT2D eigenvalue weighted by molar-refractivity contribution is 7.22. The van der Waals surface area contributed by atoms with Gasteiger partial charge in [-0.2, -0.15) is 9.78 Å². The molecule has 3 aromatic heterocycles. The van der Waals surface area contributed by atoms with E-state index in [0.717, 1.165) is 47.1 Å². The first kappa shape index (κ1) is 32.7. The van der Waals surface area contributed by atoms with Gasteiger partial charge in [-0.05, 0) is 99.2 Å². The summed E-state index contributed by atoms with van der Waals surface area (Å²) in [5.41, 5.74) is 1.59. The van der Waals surface area contributed by atoms with Gasteiger partial charge in [-0.15, -0.1) is 11.3 Å². The molecule has 1 aliphatic rings. The number of hydrogen-bond acceptors (Lipinski definition) is 8. The number of piperidine rings is 1. The Bertz CT molecular complexity index is 2270. The molecule has 4 heterocycles. The van der Waals surface area contributed by atoms with E-state index in [9.17, 15) is 18.8 Å². The molecule has 1 saturated heterocycles. The molecular formula is C37H30F2N6O4S. The van der Waals surface area contributed by atoms with E-state index in [2.05, 4.69) is 32.7 Å². The third-order valence-electron chi connectivity index (χ3n) is 8.43. The van der Waals surface area contributed by atoms with Crippen LogP contribution < -0.4 is 20.9 Å². The second-order valence-electron chi connectivity index (χ2n) is 11.9. The zero-order valence-electron chi connectivity index (χ0n) is 26.7. The van der Waals surface area contributed by atoms with Crippen LogP contribution in [-0.4, -0.2) is 57.7 Å². The van der Waals surface area contributed by atoms with Crippen molar-refractivity contribution in [1.29, 1.82) is 0 Å². The lowest BCUT2D eigenvalue weighted by Gasteiger charge is -2.29. The number of amides is 2. The summed E-state index contributed by atoms with van der Waals surface area (Å²) in [6, 6.07) is 21.4. The monoisotopic (exact) mass is 692 g/mol. The number of aromatic nitrogens is 3. The molecule has 0 aliphatic carbocycles. The number of rotatable bonds is 8. The number of carbonyl (C=O) groups is 2. The standard InChI is InChI=1S/C37H30F2N6O4S/c1-44-18-14-25(15-19-44)42-35(46)23-4-2-22(3-5-23)33-21-30-34(50-33)32(13-16-40-30)49-31-11-8-26(20-29(31)39)43-36(47)28-12-17-41-45(37(28)48)27-9-6-24(38)7-10-27/h2-13,16-17,20-21,25H,14-15,18-19H2,1H3,(H,42,46)(H,43,47). The molecule has 10 nitrogen and oxygen atoms in total. The molecule has 7 rings (SSSR count). The van der Waals surface area contributed by atoms with E-state index >= 15 is 4.39 Å². The van der Waals surface area contributed by atoms with Crippen LogP contribution >= 0.6 is 11.3 Å². The molecule has 6 aromatic rings. The van der Waals surface area contributed by atoms with Crippen molar-refractivity contribution in [3.8, 4) is 27.6 Å². The number of benzene rings is 3. The lowest BCUT2D eigenvalue weighted by molar-refractivity contribution is 0.0916. The van der Waals surface area contributed by atoms with Crippen molar-refractivity contribution in [2.45, 2.75) is 18.9 Å². The maximum atomic E-state index is 15.3. The third kappa shape index (κ3) is 7.00. The maximum absolute atomic E-state index is 15.3. The van der Waals surface area contributed by atoms with Crippen molar-refractivity contribution in [3.05, 3.63) is 130 Å². The minimum Gasteiger partial charge on any atom is -0.453 e. The van der Waals surface area contributed by atoms with Gasteiger partial charge in [0.25, 0.3) is 17.4 Å². The van der Waals surface area contributed by atoms with E-state index in [1.807, 2.05) is 18.2 Å². The topological polar surface area (TPSA) is 118 Å². The van der Waals surface area contributed by atoms with Gasteiger partial charge in [0.1, 0.15) is 17.1 Å². The minimum atomic E-state index is -0.769. The second kappa shape index (κ2) is 14.0. The van der Waals surface area contributed by atoms with Crippen LogP contribution in [0, 0.1) is 11.6 Å². The molecule has 13 heteroatoms. The van der Waals surface area contributed by atoms with E-state index in [0.29, 0.717) is 21.5 Å². The van der Waals surface area contributed by atoms with Gasteiger partial charge in [0, 0.05) is 46.7 Å². The smallest absolute Gasteiger partial charge is 0.284 e. The van der Waals surface area contributed by atoms with Crippen molar-refractivity contribution in [2.75, 3.05) is 25.5 Å². The SMILES string of the molecule is CN1CCC(NC(=O)c2ccc(-c3cc4nccc(Oc5ccc(NC(=O)c6ccnn(-c7ccc(F)cc7)c6=O)cc5F)c4s3)cc2)CC1. The first-order valence-corrected chi connectivity index (χ1v) is 16.6. The number of pyridine rings is 1. The van der Waals surface area contributed by atoms with Crippen LogP contribution in [0.1, 0.15) is 33.6 Å². The molecule has 0 unspecified atom stereocenters. The summed E-state index contributed by atoms with van der Waals surface area (Å²) in [5, 5.41) is 9.64. The van der Waals surface area contributed by atoms with Crippen LogP contribution in [-0.2, 0) is 0 Å². The molecule has 1 aliphatic heterocycles. The van der Waals surface area contributed by atoms with Crippen LogP contribution in [0.4, 0.5) is 14.5 Å². The molecule has 0 saturated carbocycles. The van der Waals surface area contributed by atoms with Gasteiger partial charge in [0.15, 0.2) is 11.6 Å². The van der Waals surface area contributed by atoms with Crippen molar-refractivity contribution in [3.63, 3.8) is 0 Å². The average molecular weight is 693 g/mol. The Morgan fingerprint density at radius 2 is 1.64 bits per heavy atom. The summed E-state index contributed by atoms with van der Waals surface area (Å²) in [5.74, 6) is -1.76. The molecule has 0 spiro atoms. The number of carbonyl (C=O) groups excluding carboxylic acids is 2. The van der Waals surface area contributed by atoms with Crippen molar-refractivity contribution >= 4 is 39.1 Å². The highest BCUT2D eigenvalue weighted by Crippen LogP contribution is 2.40. The van der Waals surface area contributed by atoms with E-state index in [-0.39, 0.29) is 34.6 Å². The number of anilines is 1. The van der Waals surface area contributed by atoms with E-state index in [1.54, 1.807) is 24.4 Å². The molecule has 2 amide bonds. The van der Waals surface area contributed by atoms with Crippen molar-refractivity contribution in [1.82, 2.24) is 25.0 Å². The summed E-state index contributed by atoms with van der Waals surface area (Å²) in [7, 11) is 2.08. The number of nitrogens with zero attached hydrogens (tertiary/aromatic N) is 4. The predicted molar refractivity (Wildman–Crippen MR) is 187 cm³/mol. The first-order chi connectivity index (χ1) is 24.2. The second-order valence-corrected chi connectivity index (χ2v) is 13.0. The van der Waals surface area contributed by atoms with E-state index in [4.69, 9.17) is 4.74 Å². The highest BCUT2D eigenvalue weighted by Gasteiger charge is 2.20. The van der Waals surface area contributed by atoms with Gasteiger partial charge in [0.05, 0.1) is 15.9 Å². The van der Waals surface area contributed by atoms with Crippen LogP contribution in [0.3, 0.4) is 0 Å². The molecule has 3 aromatic carbocycles. The molecule has 1 fully saturated rings. The summed E-state index contributed by atoms with van der Waals surface area (Å²) >= 11 is 1.43. The molecule has 0 bridgehead atoms. The summed E-state index contributed by atoms with van der Waals surface area (Å²) < 4.78 is 36.3. The number of ether oxygens (including phenoxy) is 1. The Hall–Kier alpha value is -5.79. The van der Waals surface area contributed by atoms with Gasteiger partial charge in [0.2, 0.25) is 0 Å². The predicted octanol–water partition coefficient (Wildman–Crippen LogP) is 6.66. The summed E-state index contributed by atoms with van der Waals surface area (Å²) in [6.45, 7) is 1.93. The Labute approximate surface area is 289 Å². The molecule has 2 N–H and O–H groups in total. The first-order valence-electron chi connectivity index (χ1n) is 15.8. The van der Waals surface area contributed by atoms with Gasteiger partial charge in [-0.3, -0.25) is 19.4 Å². The molecule has 252 valence electrons. The Morgan fingerprint density at radius 3 is 2.38 bits per heavy atom. The number of halogens is 2. The Kier molecular flexibility index (Phi) is 9.15. The van der Waals surface area contributed by atoms with Gasteiger partial charge < -0.3 is 20.3 Å². The fourth-order valence-electron chi connectivity index (χ4n) is 5.67. The van der Waals surface area contributed by atoms with Crippen LogP contribution in [0.15, 0.2) is 102 Å². The fraction of sp³-hybridized carbons (Fsp3) is 0.162. The third-order valence-corrected chi connectivity index (χ3v) is 9.62. The Balaban J connectivity index is 1.04. The number of nitrogens with one attached hydrogen (secondary N) is 2. The van der Waals surface area contributed by atoms with Gasteiger partial charge in [-0.1, -0.05) is 12.1 Å². The lowest BCUT2D eigenvalue weighted by Crippen LogP contribution is -2.43. The van der Waals surface area contributed by atoms with E-state index in [1.165, 1.54) is 60.0 Å². The van der Waals surface area contributed by atoms with Crippen molar-refractivity contribution in [2.24, 2.45) is 0 Å². The summed E-state index contributed by atoms with van der Waals surface area (Å²) in [4.78, 5) is 46.4. The van der Waals surface area contributed by atoms with Crippen molar-refractivity contribution < 1.29 is 23.1 Å². The maximum Gasteiger partial charge on any atom is 0.284 e. The molecular weight excluding hydrogens is 663 g/mol. The zero-order chi connectivity index (χ0) is 34.8. The van der Waals surface area contributed by atoms with Crippen LogP contribution in [0.5, 0.6) is 11.5 Å². The van der Waals surface area contributed by atoms with E-state index < -0.39 is 23.1 Å². The number of likely N-dealkylation sites (tertiary alicyclic amines) is 1. The molecule has 50 heavy (non-hydrogen) atoms. The molecule has 0 atom stereocenters. The summed E-state index contributed by atoms with van der Waals surface area (Å²) in [6.07, 6.45) is 4.71. The van der Waals surface area contributed by atoms with Crippen LogP contribution in [0.2, 0.25) is 0 Å². The Morgan fingerprint density at radius 1 is 0.880 bits per heavy atom. The number of fused-ring (bicyclic) bond motifs is 1. The number of thiophene rings is 1. The van der Waals surface area contributed by atoms with Gasteiger partial charge in [-0.25, -0.2) is 8.78 Å². The van der Waals surface area contributed by atoms with Crippen LogP contribution in [0.25, 0.3) is 26.3 Å². The highest BCUT2D eigenvalue weighted by atomic mass is 32.1. The quantitative estimate of drug-likeness (QED) is 0.183. The average Bonchev–Trinajstić information content (AvgIpc) is 3.57. The largest absolute Gasteiger partial charge is 0.453 e. The van der Waals surface area contributed by atoms with Gasteiger partial charge >= 0.3 is 0 Å².